The van der Waals surface area contributed by atoms with Gasteiger partial charge in [0.2, 0.25) is 5.91 Å². The zero-order valence-electron chi connectivity index (χ0n) is 9.88. The molecule has 6 heteroatoms. The number of hydrogen-bond donors (Lipinski definition) is 1. The average molecular weight is 244 g/mol. The molecule has 0 fully saturated rings. The van der Waals surface area contributed by atoms with Gasteiger partial charge >= 0.3 is 0 Å². The van der Waals surface area contributed by atoms with Crippen molar-refractivity contribution >= 4 is 17.4 Å². The molecule has 2 aromatic rings. The number of carbonyl (C=O) groups excluding carboxylic acids is 1. The fraction of sp³-hybridized carbons (Fsp3) is 0.250. The van der Waals surface area contributed by atoms with Crippen LogP contribution < -0.4 is 10.6 Å². The highest BCUT2D eigenvalue weighted by atomic mass is 16.6. The minimum absolute atomic E-state index is 0.0594. The molecule has 0 spiro atoms. The van der Waals surface area contributed by atoms with E-state index in [1.54, 1.807) is 11.8 Å². The average Bonchev–Trinajstić information content (AvgIpc) is 2.93. The lowest BCUT2D eigenvalue weighted by Crippen LogP contribution is -2.25. The van der Waals surface area contributed by atoms with E-state index in [4.69, 9.17) is 5.73 Å². The molecule has 2 N–H and O–H groups in total. The van der Waals surface area contributed by atoms with Gasteiger partial charge in [0.15, 0.2) is 11.5 Å². The third kappa shape index (κ3) is 1.54. The van der Waals surface area contributed by atoms with Crippen LogP contribution in [0.25, 0.3) is 11.3 Å². The number of fused-ring (bicyclic) bond motifs is 1. The highest BCUT2D eigenvalue weighted by Crippen LogP contribution is 2.32. The predicted molar refractivity (Wildman–Crippen MR) is 65.9 cm³/mol. The minimum Gasteiger partial charge on any atom is -0.379 e. The van der Waals surface area contributed by atoms with Crippen LogP contribution in [-0.4, -0.2) is 22.8 Å². The molecule has 0 bridgehead atoms. The van der Waals surface area contributed by atoms with Crippen LogP contribution in [0.3, 0.4) is 0 Å². The minimum atomic E-state index is 0.0594. The van der Waals surface area contributed by atoms with Crippen molar-refractivity contribution in [3.63, 3.8) is 0 Å². The molecule has 0 atom stereocenters. The number of rotatable bonds is 1. The number of benzene rings is 1. The normalized spacial score (nSPS) is 13.7. The Labute approximate surface area is 103 Å². The van der Waals surface area contributed by atoms with E-state index in [1.807, 2.05) is 18.2 Å². The molecule has 0 unspecified atom stereocenters. The Morgan fingerprint density at radius 3 is 2.94 bits per heavy atom. The molecule has 1 amide bonds. The van der Waals surface area contributed by atoms with Gasteiger partial charge in [0, 0.05) is 24.7 Å². The van der Waals surface area contributed by atoms with E-state index in [0.29, 0.717) is 5.69 Å². The van der Waals surface area contributed by atoms with Gasteiger partial charge in [-0.2, -0.15) is 0 Å². The number of aromatic nitrogens is 2. The molecule has 92 valence electrons. The van der Waals surface area contributed by atoms with Gasteiger partial charge in [-0.1, -0.05) is 6.07 Å². The summed E-state index contributed by atoms with van der Waals surface area (Å²) in [5.41, 5.74) is 9.14. The van der Waals surface area contributed by atoms with Gasteiger partial charge in [0.25, 0.3) is 0 Å². The SMILES string of the molecule is CC(=O)N1CCc2cc(-c3nonc3N)ccc21. The molecule has 0 radical (unpaired) electrons. The summed E-state index contributed by atoms with van der Waals surface area (Å²) in [6.45, 7) is 2.29. The van der Waals surface area contributed by atoms with Crippen LogP contribution in [0.5, 0.6) is 0 Å². The lowest BCUT2D eigenvalue weighted by atomic mass is 10.1. The van der Waals surface area contributed by atoms with Crippen molar-refractivity contribution in [2.45, 2.75) is 13.3 Å². The molecule has 0 saturated heterocycles. The van der Waals surface area contributed by atoms with Gasteiger partial charge in [-0.25, -0.2) is 4.63 Å². The summed E-state index contributed by atoms with van der Waals surface area (Å²) < 4.78 is 4.59. The van der Waals surface area contributed by atoms with Gasteiger partial charge in [-0.3, -0.25) is 4.79 Å². The molecule has 6 nitrogen and oxygen atoms in total. The number of amides is 1. The van der Waals surface area contributed by atoms with Crippen LogP contribution in [-0.2, 0) is 11.2 Å². The number of hydrogen-bond acceptors (Lipinski definition) is 5. The number of nitrogens with zero attached hydrogens (tertiary/aromatic N) is 3. The highest BCUT2D eigenvalue weighted by Gasteiger charge is 2.23. The lowest BCUT2D eigenvalue weighted by molar-refractivity contribution is -0.116. The van der Waals surface area contributed by atoms with Crippen molar-refractivity contribution in [3.8, 4) is 11.3 Å². The van der Waals surface area contributed by atoms with Crippen molar-refractivity contribution in [2.24, 2.45) is 0 Å². The molecule has 3 rings (SSSR count). The first-order valence-corrected chi connectivity index (χ1v) is 5.66. The Balaban J connectivity index is 2.04. The van der Waals surface area contributed by atoms with Crippen LogP contribution in [0, 0.1) is 0 Å². The van der Waals surface area contributed by atoms with Crippen LogP contribution in [0.2, 0.25) is 0 Å². The Kier molecular flexibility index (Phi) is 2.29. The summed E-state index contributed by atoms with van der Waals surface area (Å²) in [6.07, 6.45) is 0.841. The van der Waals surface area contributed by atoms with E-state index >= 15 is 0 Å². The van der Waals surface area contributed by atoms with Gasteiger partial charge in [-0.05, 0) is 34.4 Å². The molecule has 0 aliphatic carbocycles. The maximum absolute atomic E-state index is 11.4. The quantitative estimate of drug-likeness (QED) is 0.815. The molecule has 1 aromatic carbocycles. The first-order valence-electron chi connectivity index (χ1n) is 5.66. The first-order chi connectivity index (χ1) is 8.66. The molecule has 0 saturated carbocycles. The molecule has 18 heavy (non-hydrogen) atoms. The van der Waals surface area contributed by atoms with E-state index in [2.05, 4.69) is 14.9 Å². The Morgan fingerprint density at radius 1 is 1.44 bits per heavy atom. The van der Waals surface area contributed by atoms with Gasteiger partial charge < -0.3 is 10.6 Å². The predicted octanol–water partition coefficient (Wildman–Crippen LogP) is 1.23. The van der Waals surface area contributed by atoms with E-state index < -0.39 is 0 Å². The second-order valence-electron chi connectivity index (χ2n) is 4.26. The van der Waals surface area contributed by atoms with Gasteiger partial charge in [0.1, 0.15) is 0 Å². The Morgan fingerprint density at radius 2 is 2.28 bits per heavy atom. The summed E-state index contributed by atoms with van der Waals surface area (Å²) >= 11 is 0. The summed E-state index contributed by atoms with van der Waals surface area (Å²) in [5.74, 6) is 0.334. The number of nitrogens with two attached hydrogens (primary N) is 1. The smallest absolute Gasteiger partial charge is 0.223 e. The lowest BCUT2D eigenvalue weighted by Gasteiger charge is -2.14. The topological polar surface area (TPSA) is 85.2 Å². The van der Waals surface area contributed by atoms with E-state index in [-0.39, 0.29) is 11.7 Å². The van der Waals surface area contributed by atoms with Gasteiger partial charge in [0.05, 0.1) is 0 Å². The van der Waals surface area contributed by atoms with E-state index in [9.17, 15) is 4.79 Å². The molecule has 1 aliphatic heterocycles. The van der Waals surface area contributed by atoms with Gasteiger partial charge in [-0.15, -0.1) is 0 Å². The molecule has 1 aromatic heterocycles. The second kappa shape index (κ2) is 3.83. The molecule has 1 aliphatic rings. The van der Waals surface area contributed by atoms with Crippen LogP contribution in [0.15, 0.2) is 22.8 Å². The summed E-state index contributed by atoms with van der Waals surface area (Å²) in [7, 11) is 0. The first kappa shape index (κ1) is 10.8. The fourth-order valence-corrected chi connectivity index (χ4v) is 2.27. The summed E-state index contributed by atoms with van der Waals surface area (Å²) in [6, 6.07) is 5.76. The Hall–Kier alpha value is -2.37. The van der Waals surface area contributed by atoms with Crippen molar-refractivity contribution in [3.05, 3.63) is 23.8 Å². The van der Waals surface area contributed by atoms with Crippen molar-refractivity contribution in [1.82, 2.24) is 10.3 Å². The molecular formula is C12H12N4O2. The van der Waals surface area contributed by atoms with Crippen molar-refractivity contribution < 1.29 is 9.42 Å². The summed E-state index contributed by atoms with van der Waals surface area (Å²) in [4.78, 5) is 13.2. The highest BCUT2D eigenvalue weighted by molar-refractivity contribution is 5.94. The maximum Gasteiger partial charge on any atom is 0.223 e. The van der Waals surface area contributed by atoms with Crippen molar-refractivity contribution in [2.75, 3.05) is 17.2 Å². The third-order valence-corrected chi connectivity index (χ3v) is 3.14. The second-order valence-corrected chi connectivity index (χ2v) is 4.26. The monoisotopic (exact) mass is 244 g/mol. The zero-order chi connectivity index (χ0) is 12.7. The van der Waals surface area contributed by atoms with E-state index in [1.165, 1.54) is 0 Å². The third-order valence-electron chi connectivity index (χ3n) is 3.14. The van der Waals surface area contributed by atoms with E-state index in [0.717, 1.165) is 29.8 Å². The maximum atomic E-state index is 11.4. The van der Waals surface area contributed by atoms with Crippen LogP contribution in [0.4, 0.5) is 11.5 Å². The molecular weight excluding hydrogens is 232 g/mol. The Bertz CT molecular complexity index is 620. The largest absolute Gasteiger partial charge is 0.379 e. The fourth-order valence-electron chi connectivity index (χ4n) is 2.27. The number of anilines is 2. The summed E-state index contributed by atoms with van der Waals surface area (Å²) in [5, 5.41) is 7.33. The standard InChI is InChI=1S/C12H12N4O2/c1-7(17)16-5-4-8-6-9(2-3-10(8)16)11-12(13)15-18-14-11/h2-3,6H,4-5H2,1H3,(H2,13,15). The molecule has 2 heterocycles. The van der Waals surface area contributed by atoms with Crippen molar-refractivity contribution in [1.29, 1.82) is 0 Å². The number of carbonyl (C=O) groups is 1. The van der Waals surface area contributed by atoms with Crippen LogP contribution in [0.1, 0.15) is 12.5 Å². The zero-order valence-corrected chi connectivity index (χ0v) is 9.88. The number of nitrogen functional groups attached to an aromatic ring is 1. The van der Waals surface area contributed by atoms with Crippen LogP contribution >= 0.6 is 0 Å².